The number of carbonyl (C=O) groups is 2. The van der Waals surface area contributed by atoms with Crippen LogP contribution in [0.4, 0.5) is 0 Å². The number of benzene rings is 1. The van der Waals surface area contributed by atoms with Crippen molar-refractivity contribution >= 4 is 80.0 Å². The molecule has 7 aromatic rings. The van der Waals surface area contributed by atoms with E-state index < -0.39 is 11.9 Å². The van der Waals surface area contributed by atoms with E-state index in [1.807, 2.05) is 12.1 Å². The second-order valence-corrected chi connectivity index (χ2v) is 17.3. The largest absolute Gasteiger partial charge is 0.465 e. The zero-order valence-corrected chi connectivity index (χ0v) is 30.1. The summed E-state index contributed by atoms with van der Waals surface area (Å²) in [5.74, 6) is -0.917. The summed E-state index contributed by atoms with van der Waals surface area (Å²) >= 11 is 10.2. The van der Waals surface area contributed by atoms with Crippen LogP contribution < -0.4 is 0 Å². The van der Waals surface area contributed by atoms with Crippen LogP contribution in [0, 0.1) is 13.8 Å². The lowest BCUT2D eigenvalue weighted by Gasteiger charge is -2.13. The molecule has 0 radical (unpaired) electrons. The van der Waals surface area contributed by atoms with Gasteiger partial charge >= 0.3 is 11.9 Å². The molecule has 0 unspecified atom stereocenters. The first-order valence-electron chi connectivity index (χ1n) is 14.2. The van der Waals surface area contributed by atoms with Gasteiger partial charge in [0.2, 0.25) is 0 Å². The van der Waals surface area contributed by atoms with Crippen molar-refractivity contribution in [1.82, 2.24) is 0 Å². The first-order chi connectivity index (χ1) is 22.3. The Morgan fingerprint density at radius 1 is 0.413 bits per heavy atom. The average Bonchev–Trinajstić information content (AvgIpc) is 3.90. The highest BCUT2D eigenvalue weighted by atomic mass is 32.1. The summed E-state index contributed by atoms with van der Waals surface area (Å²) in [5, 5.41) is 0. The lowest BCUT2D eigenvalue weighted by Crippen LogP contribution is -2.09. The minimum Gasteiger partial charge on any atom is -0.465 e. The van der Waals surface area contributed by atoms with Crippen LogP contribution in [0.25, 0.3) is 59.9 Å². The quantitative estimate of drug-likeness (QED) is 0.147. The molecular weight excluding hydrogens is 689 g/mol. The fourth-order valence-electron chi connectivity index (χ4n) is 5.13. The Morgan fingerprint density at radius 3 is 0.957 bits per heavy atom. The van der Waals surface area contributed by atoms with Gasteiger partial charge in [0.05, 0.1) is 25.3 Å². The molecule has 0 saturated heterocycles. The van der Waals surface area contributed by atoms with E-state index in [1.165, 1.54) is 43.5 Å². The lowest BCUT2D eigenvalue weighted by molar-refractivity contribution is 0.0588. The van der Waals surface area contributed by atoms with Gasteiger partial charge in [0.25, 0.3) is 0 Å². The van der Waals surface area contributed by atoms with E-state index in [0.29, 0.717) is 22.3 Å². The second kappa shape index (κ2) is 12.9. The molecule has 0 amide bonds. The predicted molar refractivity (Wildman–Crippen MR) is 198 cm³/mol. The molecule has 0 aliphatic heterocycles. The van der Waals surface area contributed by atoms with E-state index in [4.69, 9.17) is 9.47 Å². The Labute approximate surface area is 290 Å². The molecule has 0 fully saturated rings. The number of aryl methyl sites for hydroxylation is 2. The molecule has 46 heavy (non-hydrogen) atoms. The topological polar surface area (TPSA) is 52.6 Å². The van der Waals surface area contributed by atoms with Gasteiger partial charge in [0, 0.05) is 69.7 Å². The van der Waals surface area contributed by atoms with Gasteiger partial charge in [-0.1, -0.05) is 0 Å². The van der Waals surface area contributed by atoms with Gasteiger partial charge in [-0.25, -0.2) is 9.59 Å². The summed E-state index contributed by atoms with van der Waals surface area (Å²) in [6.45, 7) is 4.23. The van der Waals surface area contributed by atoms with E-state index in [0.717, 1.165) is 29.3 Å². The van der Waals surface area contributed by atoms with Crippen LogP contribution in [-0.2, 0) is 9.47 Å². The number of esters is 2. The Hall–Kier alpha value is -3.64. The number of rotatable bonds is 8. The van der Waals surface area contributed by atoms with E-state index in [9.17, 15) is 9.59 Å². The Balaban J connectivity index is 1.27. The smallest absolute Gasteiger partial charge is 0.338 e. The molecule has 0 saturated carbocycles. The maximum absolute atomic E-state index is 13.2. The summed E-state index contributed by atoms with van der Waals surface area (Å²) in [5.41, 5.74) is 2.09. The van der Waals surface area contributed by atoms with Gasteiger partial charge in [-0.2, -0.15) is 0 Å². The second-order valence-electron chi connectivity index (χ2n) is 10.4. The molecule has 230 valence electrons. The van der Waals surface area contributed by atoms with Gasteiger partial charge in [-0.15, -0.1) is 68.0 Å². The third-order valence-corrected chi connectivity index (χ3v) is 14.6. The van der Waals surface area contributed by atoms with Crippen LogP contribution >= 0.6 is 68.0 Å². The summed E-state index contributed by atoms with van der Waals surface area (Å²) in [7, 11) is 2.76. The molecule has 1 aromatic carbocycles. The third kappa shape index (κ3) is 5.97. The van der Waals surface area contributed by atoms with Gasteiger partial charge < -0.3 is 9.47 Å². The minimum atomic E-state index is -0.458. The first-order valence-corrected chi connectivity index (χ1v) is 19.1. The minimum absolute atomic E-state index is 0.404. The van der Waals surface area contributed by atoms with Crippen LogP contribution in [0.2, 0.25) is 0 Å². The molecule has 7 rings (SSSR count). The van der Waals surface area contributed by atoms with E-state index in [2.05, 4.69) is 74.5 Å². The van der Waals surface area contributed by atoms with Crippen LogP contribution in [0.1, 0.15) is 30.5 Å². The van der Waals surface area contributed by atoms with Crippen molar-refractivity contribution in [1.29, 1.82) is 0 Å². The molecule has 0 aliphatic rings. The van der Waals surface area contributed by atoms with Crippen molar-refractivity contribution < 1.29 is 19.1 Å². The molecular formula is C36H26O4S6. The van der Waals surface area contributed by atoms with Crippen molar-refractivity contribution in [3.8, 4) is 59.9 Å². The molecule has 0 spiro atoms. The van der Waals surface area contributed by atoms with Gasteiger partial charge in [0.1, 0.15) is 0 Å². The predicted octanol–water partition coefficient (Wildman–Crippen LogP) is 12.2. The van der Waals surface area contributed by atoms with Crippen molar-refractivity contribution in [3.63, 3.8) is 0 Å². The highest BCUT2D eigenvalue weighted by Crippen LogP contribution is 2.46. The Morgan fingerprint density at radius 2 is 0.674 bits per heavy atom. The van der Waals surface area contributed by atoms with Crippen LogP contribution in [0.3, 0.4) is 0 Å². The lowest BCUT2D eigenvalue weighted by atomic mass is 9.96. The van der Waals surface area contributed by atoms with Crippen LogP contribution in [0.15, 0.2) is 84.9 Å². The van der Waals surface area contributed by atoms with Crippen molar-refractivity contribution in [2.75, 3.05) is 14.2 Å². The molecule has 0 bridgehead atoms. The zero-order chi connectivity index (χ0) is 31.9. The number of carbonyl (C=O) groups excluding carboxylic acids is 2. The standard InChI is InChI=1S/C36H26O4S6/c1-19-5-7-27(41-19)29-13-15-33(45-29)31-11-9-25(43-31)21-17-24(36(38)40-4)22(18-23(21)35(37)39-3)26-10-12-32(44-26)34-16-14-30(46-34)28-8-6-20(2)42-28/h5-18H,1-4H3. The van der Waals surface area contributed by atoms with E-state index >= 15 is 0 Å². The van der Waals surface area contributed by atoms with Crippen LogP contribution in [-0.4, -0.2) is 26.2 Å². The molecule has 6 heterocycles. The third-order valence-electron chi connectivity index (χ3n) is 7.38. The van der Waals surface area contributed by atoms with Gasteiger partial charge in [-0.05, 0) is 98.8 Å². The maximum Gasteiger partial charge on any atom is 0.338 e. The number of thiophene rings is 6. The fraction of sp³-hybridized carbons (Fsp3) is 0.111. The first kappa shape index (κ1) is 31.0. The van der Waals surface area contributed by atoms with E-state index in [-0.39, 0.29) is 0 Å². The Bertz CT molecular complexity index is 2060. The summed E-state index contributed by atoms with van der Waals surface area (Å²) in [4.78, 5) is 40.2. The number of hydrogen-bond donors (Lipinski definition) is 0. The van der Waals surface area contributed by atoms with Crippen molar-refractivity contribution in [3.05, 3.63) is 106 Å². The van der Waals surface area contributed by atoms with Crippen molar-refractivity contribution in [2.45, 2.75) is 13.8 Å². The zero-order valence-electron chi connectivity index (χ0n) is 25.2. The highest BCUT2D eigenvalue weighted by Gasteiger charge is 2.24. The molecule has 0 atom stereocenters. The van der Waals surface area contributed by atoms with Gasteiger partial charge in [0.15, 0.2) is 0 Å². The highest BCUT2D eigenvalue weighted by molar-refractivity contribution is 7.28. The summed E-state index contributed by atoms with van der Waals surface area (Å²) in [6.07, 6.45) is 0. The molecule has 0 N–H and O–H groups in total. The molecule has 6 aromatic heterocycles. The molecule has 0 aliphatic carbocycles. The summed E-state index contributed by atoms with van der Waals surface area (Å²) < 4.78 is 10.5. The fourth-order valence-corrected chi connectivity index (χ4v) is 11.3. The molecule has 10 heteroatoms. The number of hydrogen-bond acceptors (Lipinski definition) is 10. The Kier molecular flexibility index (Phi) is 8.67. The SMILES string of the molecule is COC(=O)c1cc(-c2ccc(-c3ccc(-c4ccc(C)s4)s3)s2)c(C(=O)OC)cc1-c1ccc(-c2ccc(-c3ccc(C)s3)s2)s1. The van der Waals surface area contributed by atoms with Crippen LogP contribution in [0.5, 0.6) is 0 Å². The summed E-state index contributed by atoms with van der Waals surface area (Å²) in [6, 6.07) is 28.9. The van der Waals surface area contributed by atoms with E-state index in [1.54, 1.807) is 80.2 Å². The average molecular weight is 715 g/mol. The molecule has 4 nitrogen and oxygen atoms in total. The number of ether oxygens (including phenoxy) is 2. The number of methoxy groups -OCH3 is 2. The normalized spacial score (nSPS) is 11.2. The van der Waals surface area contributed by atoms with Gasteiger partial charge in [-0.3, -0.25) is 0 Å². The monoisotopic (exact) mass is 714 g/mol. The van der Waals surface area contributed by atoms with Crippen molar-refractivity contribution in [2.24, 2.45) is 0 Å². The maximum atomic E-state index is 13.2.